The largest absolute Gasteiger partial charge is 0.465 e. The number of ether oxygens (including phenoxy) is 3. The summed E-state index contributed by atoms with van der Waals surface area (Å²) in [7, 11) is 0. The highest BCUT2D eigenvalue weighted by Gasteiger charge is 2.18. The minimum atomic E-state index is -1.11. The molecule has 0 rings (SSSR count). The molecule has 0 saturated heterocycles. The molecule has 0 amide bonds. The highest BCUT2D eigenvalue weighted by molar-refractivity contribution is 7.81. The molecule has 0 radical (unpaired) electrons. The van der Waals surface area contributed by atoms with Gasteiger partial charge in [0.2, 0.25) is 0 Å². The molecular formula is C9H14O6S3. The Hall–Kier alpha value is -0.540. The van der Waals surface area contributed by atoms with E-state index in [0.717, 1.165) is 0 Å². The SMILES string of the molecule is O=C(CS)OCCC(OC(=O)CS)OC(=O)CS. The Morgan fingerprint density at radius 3 is 1.67 bits per heavy atom. The Kier molecular flexibility index (Phi) is 10.1. The van der Waals surface area contributed by atoms with E-state index >= 15 is 0 Å². The predicted octanol–water partition coefficient (Wildman–Crippen LogP) is 0.122. The monoisotopic (exact) mass is 314 g/mol. The van der Waals surface area contributed by atoms with Crippen molar-refractivity contribution >= 4 is 55.8 Å². The number of esters is 3. The van der Waals surface area contributed by atoms with Gasteiger partial charge in [-0.05, 0) is 0 Å². The maximum Gasteiger partial charge on any atom is 0.318 e. The number of carbonyl (C=O) groups excluding carboxylic acids is 3. The molecule has 9 heteroatoms. The van der Waals surface area contributed by atoms with Gasteiger partial charge in [0, 0.05) is 0 Å². The van der Waals surface area contributed by atoms with Gasteiger partial charge in [0.15, 0.2) is 0 Å². The molecule has 0 heterocycles. The molecule has 0 saturated carbocycles. The average molecular weight is 314 g/mol. The Labute approximate surface area is 121 Å². The van der Waals surface area contributed by atoms with Crippen LogP contribution in [-0.2, 0) is 28.6 Å². The van der Waals surface area contributed by atoms with Gasteiger partial charge in [-0.3, -0.25) is 14.4 Å². The van der Waals surface area contributed by atoms with Gasteiger partial charge in [0.05, 0.1) is 30.3 Å². The normalized spacial score (nSPS) is 10.0. The van der Waals surface area contributed by atoms with Crippen molar-refractivity contribution in [2.75, 3.05) is 23.9 Å². The third-order valence-corrected chi connectivity index (χ3v) is 2.30. The Morgan fingerprint density at radius 2 is 1.28 bits per heavy atom. The molecule has 0 aromatic carbocycles. The van der Waals surface area contributed by atoms with Gasteiger partial charge in [-0.25, -0.2) is 0 Å². The van der Waals surface area contributed by atoms with Crippen LogP contribution in [0.2, 0.25) is 0 Å². The fourth-order valence-electron chi connectivity index (χ4n) is 0.824. The molecule has 0 fully saturated rings. The molecule has 0 aliphatic heterocycles. The molecule has 0 N–H and O–H groups in total. The van der Waals surface area contributed by atoms with Gasteiger partial charge in [0.25, 0.3) is 6.29 Å². The molecule has 0 aliphatic carbocycles. The number of hydrogen-bond acceptors (Lipinski definition) is 9. The van der Waals surface area contributed by atoms with E-state index in [4.69, 9.17) is 14.2 Å². The van der Waals surface area contributed by atoms with E-state index in [1.807, 2.05) is 0 Å². The summed E-state index contributed by atoms with van der Waals surface area (Å²) in [6, 6.07) is 0. The number of thiol groups is 3. The van der Waals surface area contributed by atoms with Gasteiger partial charge in [-0.15, -0.1) is 0 Å². The minimum Gasteiger partial charge on any atom is -0.465 e. The van der Waals surface area contributed by atoms with Crippen molar-refractivity contribution in [2.24, 2.45) is 0 Å². The van der Waals surface area contributed by atoms with Crippen LogP contribution in [0.4, 0.5) is 0 Å². The van der Waals surface area contributed by atoms with Crippen LogP contribution in [0.15, 0.2) is 0 Å². The summed E-state index contributed by atoms with van der Waals surface area (Å²) in [5.41, 5.74) is 0. The number of hydrogen-bond donors (Lipinski definition) is 3. The molecule has 0 aromatic heterocycles. The van der Waals surface area contributed by atoms with Gasteiger partial charge in [0.1, 0.15) is 0 Å². The van der Waals surface area contributed by atoms with Crippen LogP contribution in [0.1, 0.15) is 6.42 Å². The van der Waals surface area contributed by atoms with Gasteiger partial charge in [-0.2, -0.15) is 37.9 Å². The molecule has 0 unspecified atom stereocenters. The third kappa shape index (κ3) is 8.54. The fourth-order valence-corrected chi connectivity index (χ4v) is 1.06. The Morgan fingerprint density at radius 1 is 0.833 bits per heavy atom. The van der Waals surface area contributed by atoms with Crippen LogP contribution in [-0.4, -0.2) is 48.1 Å². The summed E-state index contributed by atoms with van der Waals surface area (Å²) >= 11 is 11.1. The first-order valence-electron chi connectivity index (χ1n) is 4.90. The molecule has 104 valence electrons. The maximum atomic E-state index is 11.0. The lowest BCUT2D eigenvalue weighted by atomic mass is 10.4. The fraction of sp³-hybridized carbons (Fsp3) is 0.667. The standard InChI is InChI=1S/C9H14O6S3/c10-6(3-16)13-2-1-9(14-7(11)4-17)15-8(12)5-18/h9,16-18H,1-5H2. The summed E-state index contributed by atoms with van der Waals surface area (Å²) in [5.74, 6) is -2.15. The molecule has 0 aliphatic rings. The van der Waals surface area contributed by atoms with Crippen molar-refractivity contribution in [1.82, 2.24) is 0 Å². The second-order valence-corrected chi connectivity index (χ2v) is 3.84. The van der Waals surface area contributed by atoms with Crippen LogP contribution in [0.3, 0.4) is 0 Å². The van der Waals surface area contributed by atoms with E-state index < -0.39 is 24.2 Å². The van der Waals surface area contributed by atoms with E-state index in [1.165, 1.54) is 0 Å². The molecule has 0 atom stereocenters. The van der Waals surface area contributed by atoms with Crippen LogP contribution < -0.4 is 0 Å². The first-order valence-corrected chi connectivity index (χ1v) is 6.80. The first kappa shape index (κ1) is 17.5. The van der Waals surface area contributed by atoms with Crippen molar-refractivity contribution in [3.8, 4) is 0 Å². The lowest BCUT2D eigenvalue weighted by Crippen LogP contribution is -2.27. The first-order chi connectivity index (χ1) is 8.53. The van der Waals surface area contributed by atoms with E-state index in [9.17, 15) is 14.4 Å². The van der Waals surface area contributed by atoms with Gasteiger partial charge >= 0.3 is 17.9 Å². The van der Waals surface area contributed by atoms with Crippen molar-refractivity contribution in [3.63, 3.8) is 0 Å². The second kappa shape index (κ2) is 10.4. The highest BCUT2D eigenvalue weighted by atomic mass is 32.1. The number of rotatable bonds is 8. The van der Waals surface area contributed by atoms with Crippen LogP contribution in [0.5, 0.6) is 0 Å². The predicted molar refractivity (Wildman–Crippen MR) is 73.1 cm³/mol. The van der Waals surface area contributed by atoms with Crippen molar-refractivity contribution < 1.29 is 28.6 Å². The maximum absolute atomic E-state index is 11.0. The van der Waals surface area contributed by atoms with Crippen molar-refractivity contribution in [3.05, 3.63) is 0 Å². The molecule has 18 heavy (non-hydrogen) atoms. The number of carbonyl (C=O) groups is 3. The Bertz CT molecular complexity index is 278. The summed E-state index contributed by atoms with van der Waals surface area (Å²) < 4.78 is 14.3. The van der Waals surface area contributed by atoms with E-state index in [0.29, 0.717) is 0 Å². The second-order valence-electron chi connectivity index (χ2n) is 2.89. The zero-order valence-electron chi connectivity index (χ0n) is 9.40. The van der Waals surface area contributed by atoms with Crippen LogP contribution in [0, 0.1) is 0 Å². The molecule has 6 nitrogen and oxygen atoms in total. The third-order valence-electron chi connectivity index (χ3n) is 1.53. The average Bonchev–Trinajstić information content (AvgIpc) is 2.37. The minimum absolute atomic E-state index is 0.0402. The molecule has 0 spiro atoms. The van der Waals surface area contributed by atoms with Crippen LogP contribution in [0.25, 0.3) is 0 Å². The van der Waals surface area contributed by atoms with Gasteiger partial charge in [-0.1, -0.05) is 0 Å². The van der Waals surface area contributed by atoms with Gasteiger partial charge < -0.3 is 14.2 Å². The summed E-state index contributed by atoms with van der Waals surface area (Å²) in [5, 5.41) is 0. The van der Waals surface area contributed by atoms with Crippen molar-refractivity contribution in [1.29, 1.82) is 0 Å². The molecule has 0 aromatic rings. The highest BCUT2D eigenvalue weighted by Crippen LogP contribution is 2.04. The topological polar surface area (TPSA) is 78.9 Å². The van der Waals surface area contributed by atoms with E-state index in [1.54, 1.807) is 0 Å². The zero-order valence-corrected chi connectivity index (χ0v) is 12.1. The summed E-state index contributed by atoms with van der Waals surface area (Å²) in [4.78, 5) is 32.8. The summed E-state index contributed by atoms with van der Waals surface area (Å²) in [6.45, 7) is -0.0518. The molecular weight excluding hydrogens is 300 g/mol. The molecule has 0 bridgehead atoms. The van der Waals surface area contributed by atoms with Crippen molar-refractivity contribution in [2.45, 2.75) is 12.7 Å². The lowest BCUT2D eigenvalue weighted by molar-refractivity contribution is -0.186. The van der Waals surface area contributed by atoms with E-state index in [2.05, 4.69) is 37.9 Å². The van der Waals surface area contributed by atoms with Crippen LogP contribution >= 0.6 is 37.9 Å². The lowest BCUT2D eigenvalue weighted by Gasteiger charge is -2.17. The quantitative estimate of drug-likeness (QED) is 0.336. The summed E-state index contributed by atoms with van der Waals surface area (Å²) in [6.07, 6.45) is -1.07. The zero-order chi connectivity index (χ0) is 14.0. The van der Waals surface area contributed by atoms with E-state index in [-0.39, 0.29) is 30.3 Å². The smallest absolute Gasteiger partial charge is 0.318 e. The Balaban J connectivity index is 4.15.